The van der Waals surface area contributed by atoms with Crippen LogP contribution in [0.2, 0.25) is 0 Å². The molecule has 0 spiro atoms. The Morgan fingerprint density at radius 1 is 1.25 bits per heavy atom. The molecule has 5 heteroatoms. The largest absolute Gasteiger partial charge is 0.489 e. The average Bonchev–Trinajstić information content (AvgIpc) is 2.53. The fourth-order valence-corrected chi connectivity index (χ4v) is 2.13. The van der Waals surface area contributed by atoms with Crippen LogP contribution < -0.4 is 16.0 Å². The van der Waals surface area contributed by atoms with Crippen molar-refractivity contribution in [1.82, 2.24) is 5.43 Å². The molecule has 0 atom stereocenters. The Bertz CT molecular complexity index is 585. The first kappa shape index (κ1) is 14.4. The van der Waals surface area contributed by atoms with E-state index in [1.165, 1.54) is 4.90 Å². The summed E-state index contributed by atoms with van der Waals surface area (Å²) in [7, 11) is 0. The molecule has 0 aromatic heterocycles. The van der Waals surface area contributed by atoms with Crippen molar-refractivity contribution in [3.63, 3.8) is 0 Å². The summed E-state index contributed by atoms with van der Waals surface area (Å²) in [5, 5.41) is 0. The highest BCUT2D eigenvalue weighted by molar-refractivity contribution is 7.98. The van der Waals surface area contributed by atoms with Gasteiger partial charge in [-0.3, -0.25) is 10.2 Å². The maximum Gasteiger partial charge on any atom is 0.265 e. The average molecular weight is 288 g/mol. The van der Waals surface area contributed by atoms with E-state index < -0.39 is 0 Å². The summed E-state index contributed by atoms with van der Waals surface area (Å²) in [5.74, 6) is 5.61. The van der Waals surface area contributed by atoms with Crippen LogP contribution in [0.1, 0.15) is 15.9 Å². The third kappa shape index (κ3) is 3.76. The quantitative estimate of drug-likeness (QED) is 0.384. The number of benzene rings is 2. The van der Waals surface area contributed by atoms with Gasteiger partial charge in [0.15, 0.2) is 0 Å². The van der Waals surface area contributed by atoms with Gasteiger partial charge in [0, 0.05) is 10.5 Å². The minimum absolute atomic E-state index is 0.309. The Morgan fingerprint density at radius 3 is 2.65 bits per heavy atom. The summed E-state index contributed by atoms with van der Waals surface area (Å²) in [4.78, 5) is 12.6. The second-order valence-corrected chi connectivity index (χ2v) is 5.02. The molecule has 1 amide bonds. The first-order valence-corrected chi connectivity index (χ1v) is 7.32. The van der Waals surface area contributed by atoms with Crippen molar-refractivity contribution in [2.45, 2.75) is 11.5 Å². The molecule has 20 heavy (non-hydrogen) atoms. The summed E-state index contributed by atoms with van der Waals surface area (Å²) >= 11 is 1.69. The predicted molar refractivity (Wildman–Crippen MR) is 80.7 cm³/mol. The maximum absolute atomic E-state index is 11.4. The van der Waals surface area contributed by atoms with Crippen LogP contribution in [0.4, 0.5) is 0 Å². The molecule has 4 nitrogen and oxygen atoms in total. The van der Waals surface area contributed by atoms with Gasteiger partial charge >= 0.3 is 0 Å². The molecule has 3 N–H and O–H groups in total. The molecule has 0 saturated carbocycles. The lowest BCUT2D eigenvalue weighted by Crippen LogP contribution is -2.30. The van der Waals surface area contributed by atoms with Crippen LogP contribution in [0.5, 0.6) is 5.75 Å². The van der Waals surface area contributed by atoms with Gasteiger partial charge < -0.3 is 4.74 Å². The molecule has 2 rings (SSSR count). The minimum atomic E-state index is -0.309. The number of thioether (sulfide) groups is 1. The van der Waals surface area contributed by atoms with Gasteiger partial charge in [-0.1, -0.05) is 12.1 Å². The van der Waals surface area contributed by atoms with E-state index in [2.05, 4.69) is 5.43 Å². The highest BCUT2D eigenvalue weighted by Crippen LogP contribution is 2.20. The SMILES string of the molecule is CSc1ccc(OCc2cccc(C(=O)NN)c2)cc1. The van der Waals surface area contributed by atoms with Crippen LogP contribution in [-0.4, -0.2) is 12.2 Å². The number of hydrogen-bond acceptors (Lipinski definition) is 4. The smallest absolute Gasteiger partial charge is 0.265 e. The summed E-state index contributed by atoms with van der Waals surface area (Å²) in [6.07, 6.45) is 2.03. The Balaban J connectivity index is 2.01. The second kappa shape index (κ2) is 6.98. The van der Waals surface area contributed by atoms with E-state index in [0.717, 1.165) is 11.3 Å². The molecular formula is C15H16N2O2S. The lowest BCUT2D eigenvalue weighted by molar-refractivity contribution is 0.0953. The molecule has 0 saturated heterocycles. The van der Waals surface area contributed by atoms with Crippen molar-refractivity contribution in [2.24, 2.45) is 5.84 Å². The van der Waals surface area contributed by atoms with E-state index in [1.807, 2.05) is 36.6 Å². The Kier molecular flexibility index (Phi) is 5.03. The molecule has 0 aliphatic heterocycles. The van der Waals surface area contributed by atoms with E-state index in [0.29, 0.717) is 12.2 Å². The van der Waals surface area contributed by atoms with E-state index in [4.69, 9.17) is 10.6 Å². The molecule has 0 aliphatic rings. The monoisotopic (exact) mass is 288 g/mol. The molecule has 0 unspecified atom stereocenters. The number of nitrogens with two attached hydrogens (primary N) is 1. The topological polar surface area (TPSA) is 64.3 Å². The standard InChI is InChI=1S/C15H16N2O2S/c1-20-14-7-5-13(6-8-14)19-10-11-3-2-4-12(9-11)15(18)17-16/h2-9H,10,16H2,1H3,(H,17,18). The zero-order valence-corrected chi connectivity index (χ0v) is 11.9. The van der Waals surface area contributed by atoms with Gasteiger partial charge in [-0.25, -0.2) is 5.84 Å². The lowest BCUT2D eigenvalue weighted by atomic mass is 10.1. The van der Waals surface area contributed by atoms with Gasteiger partial charge in [-0.15, -0.1) is 11.8 Å². The number of ether oxygens (including phenoxy) is 1. The number of nitrogens with one attached hydrogen (secondary N) is 1. The Morgan fingerprint density at radius 2 is 2.00 bits per heavy atom. The predicted octanol–water partition coefficient (Wildman–Crippen LogP) is 2.59. The van der Waals surface area contributed by atoms with Crippen molar-refractivity contribution in [3.8, 4) is 5.75 Å². The first-order valence-electron chi connectivity index (χ1n) is 6.09. The van der Waals surface area contributed by atoms with Gasteiger partial charge in [0.2, 0.25) is 0 Å². The maximum atomic E-state index is 11.4. The highest BCUT2D eigenvalue weighted by Gasteiger charge is 2.04. The molecule has 0 fully saturated rings. The molecule has 0 radical (unpaired) electrons. The van der Waals surface area contributed by atoms with Crippen LogP contribution in [-0.2, 0) is 6.61 Å². The summed E-state index contributed by atoms with van der Waals surface area (Å²) in [5.41, 5.74) is 3.55. The first-order chi connectivity index (χ1) is 9.72. The van der Waals surface area contributed by atoms with Crippen molar-refractivity contribution in [2.75, 3.05) is 6.26 Å². The summed E-state index contributed by atoms with van der Waals surface area (Å²) in [6, 6.07) is 15.1. The van der Waals surface area contributed by atoms with Crippen molar-refractivity contribution in [3.05, 3.63) is 59.7 Å². The van der Waals surface area contributed by atoms with Crippen LogP contribution in [0.15, 0.2) is 53.4 Å². The number of hydrogen-bond donors (Lipinski definition) is 2. The van der Waals surface area contributed by atoms with Gasteiger partial charge in [-0.2, -0.15) is 0 Å². The number of hydrazine groups is 1. The molecule has 0 heterocycles. The van der Waals surface area contributed by atoms with E-state index in [9.17, 15) is 4.79 Å². The number of amides is 1. The number of rotatable bonds is 5. The lowest BCUT2D eigenvalue weighted by Gasteiger charge is -2.08. The zero-order valence-electron chi connectivity index (χ0n) is 11.1. The molecule has 0 aliphatic carbocycles. The van der Waals surface area contributed by atoms with E-state index >= 15 is 0 Å². The van der Waals surface area contributed by atoms with Crippen LogP contribution >= 0.6 is 11.8 Å². The number of carbonyl (C=O) groups is 1. The van der Waals surface area contributed by atoms with Crippen LogP contribution in [0.3, 0.4) is 0 Å². The third-order valence-corrected chi connectivity index (χ3v) is 3.53. The van der Waals surface area contributed by atoms with Gasteiger partial charge in [0.25, 0.3) is 5.91 Å². The van der Waals surface area contributed by atoms with Gasteiger partial charge in [0.1, 0.15) is 12.4 Å². The Hall–Kier alpha value is -1.98. The minimum Gasteiger partial charge on any atom is -0.489 e. The van der Waals surface area contributed by atoms with Crippen molar-refractivity contribution in [1.29, 1.82) is 0 Å². The van der Waals surface area contributed by atoms with Gasteiger partial charge in [0.05, 0.1) is 0 Å². The number of carbonyl (C=O) groups excluding carboxylic acids is 1. The zero-order chi connectivity index (χ0) is 14.4. The van der Waals surface area contributed by atoms with E-state index in [1.54, 1.807) is 30.0 Å². The summed E-state index contributed by atoms with van der Waals surface area (Å²) in [6.45, 7) is 0.407. The fraction of sp³-hybridized carbons (Fsp3) is 0.133. The molecule has 104 valence electrons. The van der Waals surface area contributed by atoms with Gasteiger partial charge in [-0.05, 0) is 48.2 Å². The fourth-order valence-electron chi connectivity index (χ4n) is 1.72. The van der Waals surface area contributed by atoms with Crippen molar-refractivity contribution >= 4 is 17.7 Å². The third-order valence-electron chi connectivity index (χ3n) is 2.79. The Labute approximate surface area is 122 Å². The summed E-state index contributed by atoms with van der Waals surface area (Å²) < 4.78 is 5.69. The normalized spacial score (nSPS) is 10.1. The highest BCUT2D eigenvalue weighted by atomic mass is 32.2. The van der Waals surface area contributed by atoms with Crippen LogP contribution in [0, 0.1) is 0 Å². The molecule has 2 aromatic carbocycles. The number of nitrogen functional groups attached to an aromatic ring is 1. The molecular weight excluding hydrogens is 272 g/mol. The second-order valence-electron chi connectivity index (χ2n) is 4.14. The molecule has 2 aromatic rings. The van der Waals surface area contributed by atoms with Crippen molar-refractivity contribution < 1.29 is 9.53 Å². The van der Waals surface area contributed by atoms with Crippen LogP contribution in [0.25, 0.3) is 0 Å². The van der Waals surface area contributed by atoms with E-state index in [-0.39, 0.29) is 5.91 Å². The molecule has 0 bridgehead atoms.